The number of aryl methyl sites for hydroxylation is 1. The molecule has 0 saturated carbocycles. The summed E-state index contributed by atoms with van der Waals surface area (Å²) in [5.41, 5.74) is 1.06. The van der Waals surface area contributed by atoms with E-state index in [9.17, 15) is 0 Å². The zero-order valence-corrected chi connectivity index (χ0v) is 13.2. The molecule has 0 bridgehead atoms. The summed E-state index contributed by atoms with van der Waals surface area (Å²) in [6.07, 6.45) is 1.83. The van der Waals surface area contributed by atoms with Crippen LogP contribution in [0.15, 0.2) is 34.9 Å². The van der Waals surface area contributed by atoms with Crippen LogP contribution in [0.25, 0.3) is 0 Å². The van der Waals surface area contributed by atoms with Crippen molar-refractivity contribution in [2.45, 2.75) is 26.4 Å². The Morgan fingerprint density at radius 1 is 1.20 bits per heavy atom. The third kappa shape index (κ3) is 4.28. The van der Waals surface area contributed by atoms with Crippen LogP contribution in [0.4, 0.5) is 0 Å². The smallest absolute Gasteiger partial charge is 0.223 e. The van der Waals surface area contributed by atoms with Crippen molar-refractivity contribution in [1.29, 1.82) is 0 Å². The van der Waals surface area contributed by atoms with Gasteiger partial charge in [0.25, 0.3) is 0 Å². The molecule has 0 aliphatic rings. The number of halogens is 1. The van der Waals surface area contributed by atoms with Gasteiger partial charge < -0.3 is 9.47 Å². The van der Waals surface area contributed by atoms with Crippen molar-refractivity contribution < 1.29 is 9.47 Å². The van der Waals surface area contributed by atoms with Gasteiger partial charge in [0.2, 0.25) is 5.88 Å². The predicted molar refractivity (Wildman–Crippen MR) is 81.0 cm³/mol. The molecule has 2 aromatic rings. The van der Waals surface area contributed by atoms with E-state index in [1.807, 2.05) is 24.3 Å². The first-order valence-electron chi connectivity index (χ1n) is 6.50. The van der Waals surface area contributed by atoms with Crippen LogP contribution in [-0.2, 0) is 17.8 Å². The fraction of sp³-hybridized carbons (Fsp3) is 0.333. The molecule has 1 heterocycles. The lowest BCUT2D eigenvalue weighted by molar-refractivity contribution is 0.184. The summed E-state index contributed by atoms with van der Waals surface area (Å²) in [5.74, 6) is 2.07. The monoisotopic (exact) mass is 336 g/mol. The minimum Gasteiger partial charge on any atom is -0.439 e. The van der Waals surface area contributed by atoms with Gasteiger partial charge in [0.15, 0.2) is 0 Å². The van der Waals surface area contributed by atoms with Gasteiger partial charge in [-0.15, -0.1) is 0 Å². The molecule has 0 N–H and O–H groups in total. The first-order chi connectivity index (χ1) is 9.71. The number of aromatic nitrogens is 2. The summed E-state index contributed by atoms with van der Waals surface area (Å²) in [6.45, 7) is 2.66. The van der Waals surface area contributed by atoms with E-state index in [-0.39, 0.29) is 0 Å². The summed E-state index contributed by atoms with van der Waals surface area (Å²) in [5, 5.41) is 0. The van der Waals surface area contributed by atoms with E-state index in [0.29, 0.717) is 12.5 Å². The maximum Gasteiger partial charge on any atom is 0.223 e. The van der Waals surface area contributed by atoms with Crippen molar-refractivity contribution in [3.63, 3.8) is 0 Å². The largest absolute Gasteiger partial charge is 0.439 e. The van der Waals surface area contributed by atoms with Crippen molar-refractivity contribution in [1.82, 2.24) is 9.97 Å². The Morgan fingerprint density at radius 2 is 2.05 bits per heavy atom. The average molecular weight is 337 g/mol. The highest BCUT2D eigenvalue weighted by atomic mass is 79.9. The summed E-state index contributed by atoms with van der Waals surface area (Å²) < 4.78 is 11.6. The van der Waals surface area contributed by atoms with Crippen molar-refractivity contribution in [2.75, 3.05) is 7.11 Å². The average Bonchev–Trinajstić information content (AvgIpc) is 2.39. The Kier molecular flexibility index (Phi) is 5.49. The molecule has 106 valence electrons. The molecule has 0 amide bonds. The van der Waals surface area contributed by atoms with Gasteiger partial charge in [0, 0.05) is 19.6 Å². The maximum atomic E-state index is 5.80. The second kappa shape index (κ2) is 7.36. The minimum atomic E-state index is 0.546. The Morgan fingerprint density at radius 3 is 2.80 bits per heavy atom. The minimum absolute atomic E-state index is 0.546. The van der Waals surface area contributed by atoms with Crippen LogP contribution in [-0.4, -0.2) is 17.1 Å². The Bertz CT molecular complexity index is 576. The van der Waals surface area contributed by atoms with E-state index in [2.05, 4.69) is 32.8 Å². The first kappa shape index (κ1) is 14.9. The number of ether oxygens (including phenoxy) is 2. The van der Waals surface area contributed by atoms with Crippen LogP contribution in [0, 0.1) is 0 Å². The lowest BCUT2D eigenvalue weighted by Gasteiger charge is -2.08. The molecule has 2 rings (SSSR count). The molecular weight excluding hydrogens is 320 g/mol. The molecule has 0 aliphatic carbocycles. The van der Waals surface area contributed by atoms with Gasteiger partial charge in [0.1, 0.15) is 16.2 Å². The van der Waals surface area contributed by atoms with Crippen LogP contribution in [0.1, 0.15) is 24.7 Å². The third-order valence-electron chi connectivity index (χ3n) is 2.62. The molecule has 20 heavy (non-hydrogen) atoms. The number of rotatable bonds is 6. The van der Waals surface area contributed by atoms with Crippen LogP contribution in [0.2, 0.25) is 0 Å². The molecule has 0 saturated heterocycles. The molecule has 0 atom stereocenters. The summed E-state index contributed by atoms with van der Waals surface area (Å²) in [4.78, 5) is 8.72. The van der Waals surface area contributed by atoms with Crippen molar-refractivity contribution >= 4 is 15.9 Å². The Hall–Kier alpha value is -1.46. The van der Waals surface area contributed by atoms with Crippen molar-refractivity contribution in [3.05, 3.63) is 46.3 Å². The van der Waals surface area contributed by atoms with Gasteiger partial charge in [0.05, 0.1) is 6.61 Å². The fourth-order valence-electron chi connectivity index (χ4n) is 1.82. The maximum absolute atomic E-state index is 5.80. The highest BCUT2D eigenvalue weighted by Crippen LogP contribution is 2.23. The van der Waals surface area contributed by atoms with Gasteiger partial charge in [-0.1, -0.05) is 19.1 Å². The number of nitrogens with zero attached hydrogens (tertiary/aromatic N) is 2. The Balaban J connectivity index is 2.18. The molecular formula is C15H17BrN2O2. The summed E-state index contributed by atoms with van der Waals surface area (Å²) >= 11 is 3.38. The zero-order valence-electron chi connectivity index (χ0n) is 11.6. The quantitative estimate of drug-likeness (QED) is 0.744. The third-order valence-corrected chi connectivity index (χ3v) is 3.03. The highest BCUT2D eigenvalue weighted by Gasteiger charge is 2.05. The number of methoxy groups -OCH3 is 1. The van der Waals surface area contributed by atoms with Gasteiger partial charge in [-0.25, -0.2) is 4.98 Å². The second-order valence-corrected chi connectivity index (χ2v) is 5.19. The molecule has 0 aliphatic heterocycles. The molecule has 0 radical (unpaired) electrons. The number of hydrogen-bond donors (Lipinski definition) is 0. The molecule has 1 aromatic carbocycles. The van der Waals surface area contributed by atoms with E-state index in [0.717, 1.165) is 34.6 Å². The zero-order chi connectivity index (χ0) is 14.4. The van der Waals surface area contributed by atoms with Gasteiger partial charge in [-0.3, -0.25) is 0 Å². The fourth-order valence-corrected chi connectivity index (χ4v) is 2.22. The molecule has 0 spiro atoms. The molecule has 1 aromatic heterocycles. The highest BCUT2D eigenvalue weighted by molar-refractivity contribution is 9.10. The lowest BCUT2D eigenvalue weighted by atomic mass is 10.2. The predicted octanol–water partition coefficient (Wildman–Crippen LogP) is 4.13. The number of hydrogen-bond acceptors (Lipinski definition) is 4. The Labute approximate surface area is 127 Å². The molecule has 0 fully saturated rings. The van der Waals surface area contributed by atoms with Crippen LogP contribution in [0.3, 0.4) is 0 Å². The number of benzene rings is 1. The van der Waals surface area contributed by atoms with E-state index < -0.39 is 0 Å². The standard InChI is InChI=1S/C15H17BrN2O2/c1-3-5-14-17-13(16)9-15(18-14)20-12-7-4-6-11(8-12)10-19-2/h4,6-9H,3,5,10H2,1-2H3. The van der Waals surface area contributed by atoms with Crippen LogP contribution in [0.5, 0.6) is 11.6 Å². The molecule has 4 nitrogen and oxygen atoms in total. The van der Waals surface area contributed by atoms with Gasteiger partial charge in [-0.2, -0.15) is 4.98 Å². The second-order valence-electron chi connectivity index (χ2n) is 4.38. The van der Waals surface area contributed by atoms with E-state index in [1.54, 1.807) is 13.2 Å². The molecule has 0 unspecified atom stereocenters. The van der Waals surface area contributed by atoms with Gasteiger partial charge >= 0.3 is 0 Å². The van der Waals surface area contributed by atoms with Crippen molar-refractivity contribution in [3.8, 4) is 11.6 Å². The van der Waals surface area contributed by atoms with Crippen molar-refractivity contribution in [2.24, 2.45) is 0 Å². The molecule has 5 heteroatoms. The van der Waals surface area contributed by atoms with Gasteiger partial charge in [-0.05, 0) is 40.0 Å². The van der Waals surface area contributed by atoms with E-state index in [4.69, 9.17) is 9.47 Å². The summed E-state index contributed by atoms with van der Waals surface area (Å²) in [7, 11) is 1.67. The van der Waals surface area contributed by atoms with Crippen LogP contribution < -0.4 is 4.74 Å². The normalized spacial score (nSPS) is 10.6. The van der Waals surface area contributed by atoms with E-state index >= 15 is 0 Å². The summed E-state index contributed by atoms with van der Waals surface area (Å²) in [6, 6.07) is 9.54. The van der Waals surface area contributed by atoms with E-state index in [1.165, 1.54) is 0 Å². The topological polar surface area (TPSA) is 44.2 Å². The van der Waals surface area contributed by atoms with Crippen LogP contribution >= 0.6 is 15.9 Å². The lowest BCUT2D eigenvalue weighted by Crippen LogP contribution is -1.98. The SMILES string of the molecule is CCCc1nc(Br)cc(Oc2cccc(COC)c2)n1. The first-order valence-corrected chi connectivity index (χ1v) is 7.29.